The molecule has 1 N–H and O–H groups in total. The summed E-state index contributed by atoms with van der Waals surface area (Å²) >= 11 is 0. The van der Waals surface area contributed by atoms with Gasteiger partial charge < -0.3 is 19.7 Å². The number of hydrogen-bond acceptors (Lipinski definition) is 6. The van der Waals surface area contributed by atoms with Crippen LogP contribution < -0.4 is 10.1 Å². The summed E-state index contributed by atoms with van der Waals surface area (Å²) in [4.78, 5) is 2.55. The van der Waals surface area contributed by atoms with E-state index in [2.05, 4.69) is 20.4 Å². The number of halogens is 3. The number of nitrogens with zero attached hydrogens (tertiary/aromatic N) is 3. The monoisotopic (exact) mass is 488 g/mol. The van der Waals surface area contributed by atoms with Gasteiger partial charge in [0.05, 0.1) is 12.3 Å². The van der Waals surface area contributed by atoms with Crippen LogP contribution in [0.4, 0.5) is 19.0 Å². The van der Waals surface area contributed by atoms with E-state index in [1.807, 2.05) is 6.07 Å². The van der Waals surface area contributed by atoms with E-state index in [1.165, 1.54) is 0 Å². The number of nitrogens with one attached hydrogen (secondary N) is 1. The van der Waals surface area contributed by atoms with Gasteiger partial charge in [0.15, 0.2) is 5.82 Å². The number of ether oxygens (including phenoxy) is 2. The molecular formula is C26H31F3N4O2. The van der Waals surface area contributed by atoms with Gasteiger partial charge >= 0.3 is 6.18 Å². The van der Waals surface area contributed by atoms with Crippen molar-refractivity contribution in [3.8, 4) is 17.0 Å². The second-order valence-corrected chi connectivity index (χ2v) is 10.5. The Balaban J connectivity index is 1.13. The number of likely N-dealkylation sites (tertiary alicyclic amines) is 1. The molecule has 3 atom stereocenters. The van der Waals surface area contributed by atoms with E-state index >= 15 is 0 Å². The number of rotatable bonds is 5. The molecule has 0 amide bonds. The van der Waals surface area contributed by atoms with Gasteiger partial charge in [-0.2, -0.15) is 13.2 Å². The summed E-state index contributed by atoms with van der Waals surface area (Å²) in [6, 6.07) is 6.50. The lowest BCUT2D eigenvalue weighted by molar-refractivity contribution is -0.137. The zero-order valence-electron chi connectivity index (χ0n) is 19.7. The molecule has 4 heterocycles. The summed E-state index contributed by atoms with van der Waals surface area (Å²) in [5.74, 6) is 2.40. The molecule has 3 aliphatic heterocycles. The van der Waals surface area contributed by atoms with E-state index < -0.39 is 11.7 Å². The largest absolute Gasteiger partial charge is 0.493 e. The second-order valence-electron chi connectivity index (χ2n) is 10.5. The van der Waals surface area contributed by atoms with Crippen LogP contribution in [0.15, 0.2) is 24.3 Å². The van der Waals surface area contributed by atoms with Gasteiger partial charge in [0.25, 0.3) is 0 Å². The lowest BCUT2D eigenvalue weighted by atomic mass is 10.00. The van der Waals surface area contributed by atoms with Crippen molar-refractivity contribution in [2.24, 2.45) is 17.8 Å². The van der Waals surface area contributed by atoms with Crippen LogP contribution in [0, 0.1) is 17.8 Å². The van der Waals surface area contributed by atoms with Gasteiger partial charge in [-0.25, -0.2) is 0 Å². The predicted molar refractivity (Wildman–Crippen MR) is 125 cm³/mol. The topological polar surface area (TPSA) is 59.5 Å². The van der Waals surface area contributed by atoms with Crippen LogP contribution in [-0.4, -0.2) is 60.6 Å². The minimum atomic E-state index is -4.51. The molecule has 6 nitrogen and oxygen atoms in total. The van der Waals surface area contributed by atoms with Gasteiger partial charge in [-0.1, -0.05) is 0 Å². The Morgan fingerprint density at radius 1 is 1.00 bits per heavy atom. The molecule has 2 saturated heterocycles. The van der Waals surface area contributed by atoms with Crippen molar-refractivity contribution < 1.29 is 22.6 Å². The third-order valence-electron chi connectivity index (χ3n) is 8.11. The van der Waals surface area contributed by atoms with Gasteiger partial charge in [0.1, 0.15) is 11.3 Å². The molecule has 0 spiro atoms. The molecular weight excluding hydrogens is 457 g/mol. The highest BCUT2D eigenvalue weighted by atomic mass is 19.4. The third-order valence-corrected chi connectivity index (χ3v) is 8.11. The number of aromatic nitrogens is 2. The van der Waals surface area contributed by atoms with Crippen molar-refractivity contribution >= 4 is 5.82 Å². The van der Waals surface area contributed by atoms with Crippen molar-refractivity contribution in [2.45, 2.75) is 44.3 Å². The molecule has 4 aliphatic rings. The molecule has 0 unspecified atom stereocenters. The average molecular weight is 489 g/mol. The first-order chi connectivity index (χ1) is 16.9. The lowest BCUT2D eigenvalue weighted by Gasteiger charge is -2.28. The minimum absolute atomic E-state index is 0.00590. The standard InChI is InChI=1S/C26H31F3N4O2/c27-26(28,29)22-12-23(17-1-2-24-18(9-17)5-8-35-24)31-32-25(22)30-21-10-19-14-33(15-20(19)11-21)13-16-3-6-34-7-4-16/h1-2,9,12,16,19-21H,3-8,10-11,13-15H2,(H,30,32)/t19-,20+,21+. The predicted octanol–water partition coefficient (Wildman–Crippen LogP) is 4.65. The number of benzene rings is 1. The Morgan fingerprint density at radius 2 is 1.77 bits per heavy atom. The summed E-state index contributed by atoms with van der Waals surface area (Å²) in [6.07, 6.45) is 0.246. The maximum absolute atomic E-state index is 14.0. The Hall–Kier alpha value is -2.39. The summed E-state index contributed by atoms with van der Waals surface area (Å²) in [6.45, 7) is 5.52. The van der Waals surface area contributed by atoms with E-state index in [9.17, 15) is 13.2 Å². The van der Waals surface area contributed by atoms with Gasteiger partial charge in [0.2, 0.25) is 0 Å². The van der Waals surface area contributed by atoms with Crippen LogP contribution in [-0.2, 0) is 17.3 Å². The molecule has 1 saturated carbocycles. The van der Waals surface area contributed by atoms with Gasteiger partial charge in [0, 0.05) is 50.9 Å². The maximum Gasteiger partial charge on any atom is 0.420 e. The first kappa shape index (κ1) is 23.0. The smallest absolute Gasteiger partial charge is 0.420 e. The molecule has 6 rings (SSSR count). The Labute approximate surface area is 203 Å². The first-order valence-electron chi connectivity index (χ1n) is 12.7. The number of alkyl halides is 3. The van der Waals surface area contributed by atoms with Crippen LogP contribution >= 0.6 is 0 Å². The number of fused-ring (bicyclic) bond motifs is 2. The molecule has 0 bridgehead atoms. The third kappa shape index (κ3) is 4.85. The molecule has 3 fully saturated rings. The van der Waals surface area contributed by atoms with Gasteiger partial charge in [-0.3, -0.25) is 0 Å². The van der Waals surface area contributed by atoms with E-state index in [4.69, 9.17) is 9.47 Å². The normalized spacial score (nSPS) is 27.0. The molecule has 9 heteroatoms. The van der Waals surface area contributed by atoms with E-state index in [0.29, 0.717) is 29.9 Å². The van der Waals surface area contributed by atoms with Gasteiger partial charge in [-0.15, -0.1) is 10.2 Å². The molecule has 35 heavy (non-hydrogen) atoms. The van der Waals surface area contributed by atoms with Crippen LogP contribution in [0.25, 0.3) is 11.3 Å². The number of anilines is 1. The van der Waals surface area contributed by atoms with Crippen molar-refractivity contribution in [3.05, 3.63) is 35.4 Å². The number of hydrogen-bond donors (Lipinski definition) is 1. The highest BCUT2D eigenvalue weighted by Gasteiger charge is 2.43. The van der Waals surface area contributed by atoms with Gasteiger partial charge in [-0.05, 0) is 73.3 Å². The van der Waals surface area contributed by atoms with Crippen molar-refractivity contribution in [1.82, 2.24) is 15.1 Å². The molecule has 188 valence electrons. The van der Waals surface area contributed by atoms with Crippen molar-refractivity contribution in [2.75, 3.05) is 44.8 Å². The summed E-state index contributed by atoms with van der Waals surface area (Å²) in [5, 5.41) is 11.3. The van der Waals surface area contributed by atoms with E-state index in [1.54, 1.807) is 12.1 Å². The Bertz CT molecular complexity index is 1060. The zero-order valence-corrected chi connectivity index (χ0v) is 19.7. The zero-order chi connectivity index (χ0) is 24.0. The van der Waals surface area contributed by atoms with E-state index in [-0.39, 0.29) is 17.6 Å². The van der Waals surface area contributed by atoms with Crippen LogP contribution in [0.1, 0.15) is 36.8 Å². The first-order valence-corrected chi connectivity index (χ1v) is 12.7. The van der Waals surface area contributed by atoms with Crippen molar-refractivity contribution in [1.29, 1.82) is 0 Å². The van der Waals surface area contributed by atoms with Crippen LogP contribution in [0.5, 0.6) is 5.75 Å². The molecule has 0 radical (unpaired) electrons. The van der Waals surface area contributed by atoms with Crippen LogP contribution in [0.3, 0.4) is 0 Å². The molecule has 2 aromatic rings. The summed E-state index contributed by atoms with van der Waals surface area (Å²) in [5.41, 5.74) is 1.09. The highest BCUT2D eigenvalue weighted by molar-refractivity contribution is 5.65. The van der Waals surface area contributed by atoms with E-state index in [0.717, 1.165) is 82.3 Å². The minimum Gasteiger partial charge on any atom is -0.493 e. The SMILES string of the molecule is FC(F)(F)c1cc(-c2ccc3c(c2)CCO3)nnc1N[C@H]1C[C@@H]2CN(CC3CCOCC3)C[C@@H]2C1. The average Bonchev–Trinajstić information content (AvgIpc) is 3.54. The fraction of sp³-hybridized carbons (Fsp3) is 0.615. The molecule has 1 aliphatic carbocycles. The Morgan fingerprint density at radius 3 is 2.51 bits per heavy atom. The maximum atomic E-state index is 14.0. The quantitative estimate of drug-likeness (QED) is 0.662. The fourth-order valence-corrected chi connectivity index (χ4v) is 6.35. The highest BCUT2D eigenvalue weighted by Crippen LogP contribution is 2.42. The lowest BCUT2D eigenvalue weighted by Crippen LogP contribution is -2.32. The van der Waals surface area contributed by atoms with Crippen LogP contribution in [0.2, 0.25) is 0 Å². The second kappa shape index (κ2) is 9.24. The summed E-state index contributed by atoms with van der Waals surface area (Å²) < 4.78 is 53.0. The Kier molecular flexibility index (Phi) is 6.08. The molecule has 1 aromatic heterocycles. The fourth-order valence-electron chi connectivity index (χ4n) is 6.35. The van der Waals surface area contributed by atoms with Crippen molar-refractivity contribution in [3.63, 3.8) is 0 Å². The molecule has 1 aromatic carbocycles. The summed E-state index contributed by atoms with van der Waals surface area (Å²) in [7, 11) is 0.